The highest BCUT2D eigenvalue weighted by molar-refractivity contribution is 5.47. The second kappa shape index (κ2) is 5.36. The van der Waals surface area contributed by atoms with E-state index in [4.69, 9.17) is 0 Å². The molecule has 2 heteroatoms. The second-order valence-corrected chi connectivity index (χ2v) is 6.31. The first kappa shape index (κ1) is 14.1. The molecule has 2 rings (SSSR count). The summed E-state index contributed by atoms with van der Waals surface area (Å²) in [6, 6.07) is 5.22. The van der Waals surface area contributed by atoms with Crippen LogP contribution >= 0.6 is 0 Å². The number of aryl methyl sites for hydroxylation is 1. The van der Waals surface area contributed by atoms with E-state index in [2.05, 4.69) is 26.1 Å². The van der Waals surface area contributed by atoms with Crippen LogP contribution in [0.5, 0.6) is 0 Å². The first-order valence-electron chi connectivity index (χ1n) is 7.09. The largest absolute Gasteiger partial charge is 0.381 e. The highest BCUT2D eigenvalue weighted by Gasteiger charge is 2.27. The van der Waals surface area contributed by atoms with Crippen molar-refractivity contribution >= 4 is 5.69 Å². The van der Waals surface area contributed by atoms with Crippen LogP contribution in [0.15, 0.2) is 29.3 Å². The van der Waals surface area contributed by atoms with E-state index in [1.807, 2.05) is 12.1 Å². The predicted octanol–water partition coefficient (Wildman–Crippen LogP) is 5.07. The molecular formula is C17H24FN. The van der Waals surface area contributed by atoms with Crippen LogP contribution in [0.2, 0.25) is 0 Å². The summed E-state index contributed by atoms with van der Waals surface area (Å²) in [7, 11) is 0. The van der Waals surface area contributed by atoms with Crippen LogP contribution in [-0.2, 0) is 0 Å². The molecule has 0 saturated carbocycles. The van der Waals surface area contributed by atoms with E-state index in [1.54, 1.807) is 6.92 Å². The lowest BCUT2D eigenvalue weighted by atomic mass is 9.73. The Bertz CT molecular complexity index is 500. The van der Waals surface area contributed by atoms with Crippen molar-refractivity contribution < 1.29 is 4.39 Å². The maximum atomic E-state index is 13.2. The summed E-state index contributed by atoms with van der Waals surface area (Å²) in [6.07, 6.45) is 3.75. The number of nitrogens with one attached hydrogen (secondary N) is 1. The number of allylic oxidation sites excluding steroid dienone is 1. The van der Waals surface area contributed by atoms with Gasteiger partial charge in [0.15, 0.2) is 0 Å². The zero-order valence-electron chi connectivity index (χ0n) is 12.4. The van der Waals surface area contributed by atoms with Crippen LogP contribution < -0.4 is 5.32 Å². The molecule has 19 heavy (non-hydrogen) atoms. The summed E-state index contributed by atoms with van der Waals surface area (Å²) in [5.74, 6) is -0.140. The summed E-state index contributed by atoms with van der Waals surface area (Å²) in [5.41, 5.74) is 5.01. The van der Waals surface area contributed by atoms with E-state index >= 15 is 0 Å². The minimum Gasteiger partial charge on any atom is -0.381 e. The third-order valence-electron chi connectivity index (χ3n) is 4.31. The minimum atomic E-state index is -0.140. The van der Waals surface area contributed by atoms with Gasteiger partial charge in [0.25, 0.3) is 0 Å². The number of benzene rings is 1. The van der Waals surface area contributed by atoms with Gasteiger partial charge in [0.05, 0.1) is 0 Å². The highest BCUT2D eigenvalue weighted by atomic mass is 19.1. The van der Waals surface area contributed by atoms with E-state index < -0.39 is 0 Å². The third-order valence-corrected chi connectivity index (χ3v) is 4.31. The first-order chi connectivity index (χ1) is 8.90. The predicted molar refractivity (Wildman–Crippen MR) is 80.0 cm³/mol. The number of anilines is 1. The van der Waals surface area contributed by atoms with Gasteiger partial charge in [-0.15, -0.1) is 0 Å². The Morgan fingerprint density at radius 1 is 1.26 bits per heavy atom. The fourth-order valence-corrected chi connectivity index (χ4v) is 3.01. The molecule has 0 unspecified atom stereocenters. The fraction of sp³-hybridized carbons (Fsp3) is 0.529. The molecule has 0 heterocycles. The van der Waals surface area contributed by atoms with Crippen LogP contribution in [0.25, 0.3) is 0 Å². The van der Waals surface area contributed by atoms with Gasteiger partial charge in [-0.25, -0.2) is 4.39 Å². The van der Waals surface area contributed by atoms with Gasteiger partial charge >= 0.3 is 0 Å². The maximum Gasteiger partial charge on any atom is 0.126 e. The Balaban J connectivity index is 2.11. The molecule has 104 valence electrons. The summed E-state index contributed by atoms with van der Waals surface area (Å²) < 4.78 is 13.2. The molecule has 0 saturated heterocycles. The van der Waals surface area contributed by atoms with Crippen molar-refractivity contribution in [3.63, 3.8) is 0 Å². The average Bonchev–Trinajstić information content (AvgIpc) is 2.32. The van der Waals surface area contributed by atoms with E-state index in [1.165, 1.54) is 36.5 Å². The van der Waals surface area contributed by atoms with E-state index in [9.17, 15) is 4.39 Å². The monoisotopic (exact) mass is 261 g/mol. The SMILES string of the molecule is CC1=C(CNc2ccc(F)c(C)c2)C(C)(C)CCC1. The van der Waals surface area contributed by atoms with E-state index in [-0.39, 0.29) is 11.2 Å². The standard InChI is InChI=1S/C17H24FN/c1-12-6-5-9-17(3,4)15(12)11-19-14-7-8-16(18)13(2)10-14/h7-8,10,19H,5-6,9,11H2,1-4H3. The van der Waals surface area contributed by atoms with Gasteiger partial charge in [0, 0.05) is 12.2 Å². The smallest absolute Gasteiger partial charge is 0.126 e. The summed E-state index contributed by atoms with van der Waals surface area (Å²) in [6.45, 7) is 9.55. The highest BCUT2D eigenvalue weighted by Crippen LogP contribution is 2.39. The lowest BCUT2D eigenvalue weighted by molar-refractivity contribution is 0.364. The first-order valence-corrected chi connectivity index (χ1v) is 7.09. The molecule has 1 nitrogen and oxygen atoms in total. The topological polar surface area (TPSA) is 12.0 Å². The molecule has 0 atom stereocenters. The zero-order chi connectivity index (χ0) is 14.0. The molecule has 0 fully saturated rings. The van der Waals surface area contributed by atoms with Crippen molar-refractivity contribution in [2.75, 3.05) is 11.9 Å². The number of hydrogen-bond donors (Lipinski definition) is 1. The molecule has 0 aromatic heterocycles. The normalized spacial score (nSPS) is 18.6. The van der Waals surface area contributed by atoms with Crippen molar-refractivity contribution in [2.45, 2.75) is 47.0 Å². The molecular weight excluding hydrogens is 237 g/mol. The van der Waals surface area contributed by atoms with E-state index in [0.29, 0.717) is 5.56 Å². The number of rotatable bonds is 3. The average molecular weight is 261 g/mol. The Hall–Kier alpha value is -1.31. The van der Waals surface area contributed by atoms with Crippen molar-refractivity contribution in [1.29, 1.82) is 0 Å². The molecule has 0 radical (unpaired) electrons. The second-order valence-electron chi connectivity index (χ2n) is 6.31. The Morgan fingerprint density at radius 3 is 2.63 bits per heavy atom. The Morgan fingerprint density at radius 2 is 2.00 bits per heavy atom. The lowest BCUT2D eigenvalue weighted by Crippen LogP contribution is -2.25. The molecule has 1 aliphatic carbocycles. The molecule has 0 spiro atoms. The van der Waals surface area contributed by atoms with Crippen LogP contribution in [0.4, 0.5) is 10.1 Å². The van der Waals surface area contributed by atoms with Crippen LogP contribution in [-0.4, -0.2) is 6.54 Å². The lowest BCUT2D eigenvalue weighted by Gasteiger charge is -2.35. The fourth-order valence-electron chi connectivity index (χ4n) is 3.01. The van der Waals surface area contributed by atoms with Gasteiger partial charge in [0.2, 0.25) is 0 Å². The minimum absolute atomic E-state index is 0.140. The van der Waals surface area contributed by atoms with Gasteiger partial charge in [0.1, 0.15) is 5.82 Å². The van der Waals surface area contributed by atoms with Crippen LogP contribution in [0.1, 0.15) is 45.6 Å². The van der Waals surface area contributed by atoms with Crippen molar-refractivity contribution in [1.82, 2.24) is 0 Å². The van der Waals surface area contributed by atoms with Crippen molar-refractivity contribution in [3.8, 4) is 0 Å². The van der Waals surface area contributed by atoms with Gasteiger partial charge in [-0.3, -0.25) is 0 Å². The molecule has 0 amide bonds. The number of halogens is 1. The third kappa shape index (κ3) is 3.17. The molecule has 1 aromatic carbocycles. The summed E-state index contributed by atoms with van der Waals surface area (Å²) in [5, 5.41) is 3.44. The summed E-state index contributed by atoms with van der Waals surface area (Å²) in [4.78, 5) is 0. The molecule has 1 aromatic rings. The summed E-state index contributed by atoms with van der Waals surface area (Å²) >= 11 is 0. The van der Waals surface area contributed by atoms with Gasteiger partial charge in [-0.2, -0.15) is 0 Å². The van der Waals surface area contributed by atoms with Crippen LogP contribution in [0.3, 0.4) is 0 Å². The van der Waals surface area contributed by atoms with Gasteiger partial charge in [-0.05, 0) is 67.9 Å². The molecule has 1 N–H and O–H groups in total. The van der Waals surface area contributed by atoms with Crippen LogP contribution in [0, 0.1) is 18.2 Å². The van der Waals surface area contributed by atoms with Crippen molar-refractivity contribution in [3.05, 3.63) is 40.7 Å². The quantitative estimate of drug-likeness (QED) is 0.749. The van der Waals surface area contributed by atoms with Gasteiger partial charge in [-0.1, -0.05) is 19.4 Å². The molecule has 0 bridgehead atoms. The zero-order valence-corrected chi connectivity index (χ0v) is 12.4. The van der Waals surface area contributed by atoms with E-state index in [0.717, 1.165) is 12.2 Å². The molecule has 1 aliphatic rings. The Kier molecular flexibility index (Phi) is 3.98. The number of hydrogen-bond acceptors (Lipinski definition) is 1. The molecule has 0 aliphatic heterocycles. The maximum absolute atomic E-state index is 13.2. The Labute approximate surface area is 115 Å². The van der Waals surface area contributed by atoms with Crippen molar-refractivity contribution in [2.24, 2.45) is 5.41 Å². The van der Waals surface area contributed by atoms with Gasteiger partial charge < -0.3 is 5.32 Å².